The molecule has 2 aromatic heterocycles. The minimum Gasteiger partial charge on any atom is -0.352 e. The average molecular weight is 355 g/mol. The number of piperidine rings is 1. The summed E-state index contributed by atoms with van der Waals surface area (Å²) in [5.41, 5.74) is 1.60. The Bertz CT molecular complexity index is 825. The van der Waals surface area contributed by atoms with Crippen LogP contribution in [0.5, 0.6) is 0 Å². The first kappa shape index (κ1) is 18.1. The Hall–Kier alpha value is -2.70. The third kappa shape index (κ3) is 3.76. The van der Waals surface area contributed by atoms with Gasteiger partial charge in [0.05, 0.1) is 0 Å². The zero-order valence-electron chi connectivity index (χ0n) is 15.3. The van der Waals surface area contributed by atoms with Gasteiger partial charge in [0.15, 0.2) is 5.82 Å². The van der Waals surface area contributed by atoms with Gasteiger partial charge in [-0.25, -0.2) is 4.98 Å². The van der Waals surface area contributed by atoms with Gasteiger partial charge in [-0.1, -0.05) is 6.92 Å². The van der Waals surface area contributed by atoms with Crippen molar-refractivity contribution in [2.45, 2.75) is 45.7 Å². The molecule has 7 nitrogen and oxygen atoms in total. The summed E-state index contributed by atoms with van der Waals surface area (Å²) in [5.74, 6) is 0.454. The highest BCUT2D eigenvalue weighted by atomic mass is 16.1. The molecule has 0 unspecified atom stereocenters. The summed E-state index contributed by atoms with van der Waals surface area (Å²) < 4.78 is 1.66. The number of hydrogen-bond donors (Lipinski definition) is 1. The second-order valence-corrected chi connectivity index (χ2v) is 6.46. The molecule has 7 heteroatoms. The Morgan fingerprint density at radius 3 is 2.73 bits per heavy atom. The van der Waals surface area contributed by atoms with Gasteiger partial charge < -0.3 is 14.8 Å². The number of pyridine rings is 1. The van der Waals surface area contributed by atoms with E-state index < -0.39 is 0 Å². The fourth-order valence-electron chi connectivity index (χ4n) is 3.33. The molecule has 1 saturated heterocycles. The number of nitrogens with one attached hydrogen (secondary N) is 1. The monoisotopic (exact) mass is 355 g/mol. The van der Waals surface area contributed by atoms with Crippen molar-refractivity contribution in [2.24, 2.45) is 0 Å². The second kappa shape index (κ2) is 8.12. The van der Waals surface area contributed by atoms with Crippen molar-refractivity contribution in [3.05, 3.63) is 52.3 Å². The number of carbonyl (C=O) groups excluding carboxylic acids is 1. The normalized spacial score (nSPS) is 15.1. The molecule has 1 amide bonds. The molecule has 0 atom stereocenters. The lowest BCUT2D eigenvalue weighted by molar-refractivity contribution is 0.0930. The van der Waals surface area contributed by atoms with Crippen LogP contribution in [0, 0.1) is 0 Å². The van der Waals surface area contributed by atoms with Gasteiger partial charge in [-0.05, 0) is 37.8 Å². The first-order valence-corrected chi connectivity index (χ1v) is 9.18. The van der Waals surface area contributed by atoms with Gasteiger partial charge >= 0.3 is 0 Å². The standard InChI is InChI=1S/C19H25N5O2/c1-3-14-13-20-8-5-16(14)18(25)22-15-6-10-24(11-7-15)17-19(26)23(4-2)12-9-21-17/h5,8-9,12-13,15H,3-4,6-7,10-11H2,1-2H3,(H,22,25). The number of aromatic nitrogens is 3. The van der Waals surface area contributed by atoms with E-state index in [0.29, 0.717) is 31.0 Å². The Balaban J connectivity index is 1.62. The van der Waals surface area contributed by atoms with Gasteiger partial charge in [0.1, 0.15) is 0 Å². The van der Waals surface area contributed by atoms with Crippen LogP contribution in [0.15, 0.2) is 35.6 Å². The third-order valence-electron chi connectivity index (χ3n) is 4.90. The lowest BCUT2D eigenvalue weighted by Gasteiger charge is -2.32. The fourth-order valence-corrected chi connectivity index (χ4v) is 3.33. The first-order chi connectivity index (χ1) is 12.6. The van der Waals surface area contributed by atoms with E-state index >= 15 is 0 Å². The molecule has 1 aliphatic heterocycles. The third-order valence-corrected chi connectivity index (χ3v) is 4.90. The summed E-state index contributed by atoms with van der Waals surface area (Å²) in [6.45, 7) is 6.00. The highest BCUT2D eigenvalue weighted by molar-refractivity contribution is 5.95. The van der Waals surface area contributed by atoms with Gasteiger partial charge in [-0.3, -0.25) is 14.6 Å². The van der Waals surface area contributed by atoms with Crippen LogP contribution in [0.4, 0.5) is 5.82 Å². The van der Waals surface area contributed by atoms with E-state index in [9.17, 15) is 9.59 Å². The van der Waals surface area contributed by atoms with Crippen molar-refractivity contribution >= 4 is 11.7 Å². The maximum absolute atomic E-state index is 12.6. The molecule has 1 aliphatic rings. The van der Waals surface area contributed by atoms with Crippen LogP contribution in [0.3, 0.4) is 0 Å². The zero-order valence-corrected chi connectivity index (χ0v) is 15.3. The van der Waals surface area contributed by atoms with Crippen molar-refractivity contribution in [3.8, 4) is 0 Å². The van der Waals surface area contributed by atoms with Crippen LogP contribution >= 0.6 is 0 Å². The molecule has 0 saturated carbocycles. The molecule has 0 aliphatic carbocycles. The van der Waals surface area contributed by atoms with Crippen molar-refractivity contribution in [1.82, 2.24) is 19.9 Å². The zero-order chi connectivity index (χ0) is 18.5. The van der Waals surface area contributed by atoms with Crippen molar-refractivity contribution < 1.29 is 4.79 Å². The van der Waals surface area contributed by atoms with Gasteiger partial charge in [-0.15, -0.1) is 0 Å². The molecule has 26 heavy (non-hydrogen) atoms. The summed E-state index contributed by atoms with van der Waals surface area (Å²) >= 11 is 0. The average Bonchev–Trinajstić information content (AvgIpc) is 2.69. The highest BCUT2D eigenvalue weighted by Gasteiger charge is 2.24. The first-order valence-electron chi connectivity index (χ1n) is 9.18. The summed E-state index contributed by atoms with van der Waals surface area (Å²) in [6, 6.07) is 1.87. The van der Waals surface area contributed by atoms with E-state index in [2.05, 4.69) is 15.3 Å². The van der Waals surface area contributed by atoms with Crippen LogP contribution in [0.1, 0.15) is 42.6 Å². The summed E-state index contributed by atoms with van der Waals surface area (Å²) in [6.07, 6.45) is 9.13. The summed E-state index contributed by atoms with van der Waals surface area (Å²) in [5, 5.41) is 3.12. The number of aryl methyl sites for hydroxylation is 2. The Kier molecular flexibility index (Phi) is 5.65. The molecular weight excluding hydrogens is 330 g/mol. The van der Waals surface area contributed by atoms with Crippen LogP contribution in [0.2, 0.25) is 0 Å². The number of carbonyl (C=O) groups is 1. The quantitative estimate of drug-likeness (QED) is 0.882. The molecule has 2 aromatic rings. The molecule has 138 valence electrons. The Labute approximate surface area is 153 Å². The van der Waals surface area contributed by atoms with Gasteiger partial charge in [0.2, 0.25) is 0 Å². The summed E-state index contributed by atoms with van der Waals surface area (Å²) in [7, 11) is 0. The molecule has 0 spiro atoms. The smallest absolute Gasteiger partial charge is 0.293 e. The van der Waals surface area contributed by atoms with Crippen LogP contribution in [-0.4, -0.2) is 39.6 Å². The highest BCUT2D eigenvalue weighted by Crippen LogP contribution is 2.16. The minimum absolute atomic E-state index is 0.0473. The van der Waals surface area contributed by atoms with E-state index in [1.165, 1.54) is 0 Å². The predicted octanol–water partition coefficient (Wildman–Crippen LogP) is 1.62. The number of anilines is 1. The molecule has 0 aromatic carbocycles. The minimum atomic E-state index is -0.0538. The predicted molar refractivity (Wildman–Crippen MR) is 100 cm³/mol. The van der Waals surface area contributed by atoms with E-state index in [1.807, 2.05) is 18.7 Å². The van der Waals surface area contributed by atoms with Crippen LogP contribution in [-0.2, 0) is 13.0 Å². The van der Waals surface area contributed by atoms with Crippen molar-refractivity contribution in [1.29, 1.82) is 0 Å². The molecular formula is C19H25N5O2. The molecule has 0 radical (unpaired) electrons. The lowest BCUT2D eigenvalue weighted by atomic mass is 10.0. The van der Waals surface area contributed by atoms with Gasteiger partial charge in [-0.2, -0.15) is 0 Å². The fraction of sp³-hybridized carbons (Fsp3) is 0.474. The van der Waals surface area contributed by atoms with Crippen LogP contribution in [0.25, 0.3) is 0 Å². The largest absolute Gasteiger partial charge is 0.352 e. The second-order valence-electron chi connectivity index (χ2n) is 6.46. The van der Waals surface area contributed by atoms with E-state index in [-0.39, 0.29) is 17.5 Å². The van der Waals surface area contributed by atoms with Crippen molar-refractivity contribution in [3.63, 3.8) is 0 Å². The number of nitrogens with zero attached hydrogens (tertiary/aromatic N) is 4. The maximum atomic E-state index is 12.6. The van der Waals surface area contributed by atoms with E-state index in [1.54, 1.807) is 35.4 Å². The molecule has 0 bridgehead atoms. The topological polar surface area (TPSA) is 80.1 Å². The Morgan fingerprint density at radius 1 is 1.27 bits per heavy atom. The molecule has 3 rings (SSSR count). The number of hydrogen-bond acceptors (Lipinski definition) is 5. The van der Waals surface area contributed by atoms with Gasteiger partial charge in [0, 0.05) is 56.0 Å². The van der Waals surface area contributed by atoms with Crippen molar-refractivity contribution in [2.75, 3.05) is 18.0 Å². The SMILES string of the molecule is CCc1cnccc1C(=O)NC1CCN(c2nccn(CC)c2=O)CC1. The summed E-state index contributed by atoms with van der Waals surface area (Å²) in [4.78, 5) is 35.3. The Morgan fingerprint density at radius 2 is 2.04 bits per heavy atom. The van der Waals surface area contributed by atoms with E-state index in [4.69, 9.17) is 0 Å². The lowest BCUT2D eigenvalue weighted by Crippen LogP contribution is -2.46. The number of amides is 1. The maximum Gasteiger partial charge on any atom is 0.293 e. The van der Waals surface area contributed by atoms with Gasteiger partial charge in [0.25, 0.3) is 11.5 Å². The van der Waals surface area contributed by atoms with E-state index in [0.717, 1.165) is 24.8 Å². The number of rotatable bonds is 5. The molecule has 3 heterocycles. The molecule has 1 N–H and O–H groups in total. The van der Waals surface area contributed by atoms with Crippen LogP contribution < -0.4 is 15.8 Å². The molecule has 1 fully saturated rings.